The van der Waals surface area contributed by atoms with Crippen LogP contribution in [0.2, 0.25) is 0 Å². The number of rotatable bonds is 15. The lowest BCUT2D eigenvalue weighted by atomic mass is 10.0. The van der Waals surface area contributed by atoms with Gasteiger partial charge in [-0.2, -0.15) is 9.29 Å². The van der Waals surface area contributed by atoms with Gasteiger partial charge in [-0.05, 0) is 37.1 Å². The highest BCUT2D eigenvalue weighted by Crippen LogP contribution is 2.28. The summed E-state index contributed by atoms with van der Waals surface area (Å²) in [6.07, 6.45) is -0.258. The molecule has 0 saturated carbocycles. The topological polar surface area (TPSA) is 170 Å². The van der Waals surface area contributed by atoms with Gasteiger partial charge in [0.25, 0.3) is 0 Å². The number of sulfonamides is 1. The minimum Gasteiger partial charge on any atom is -0.444 e. The van der Waals surface area contributed by atoms with E-state index in [2.05, 4.69) is 25.5 Å². The Balaban J connectivity index is 1.34. The Morgan fingerprint density at radius 2 is 1.88 bits per heavy atom. The van der Waals surface area contributed by atoms with Gasteiger partial charge < -0.3 is 24.5 Å². The van der Waals surface area contributed by atoms with Crippen molar-refractivity contribution in [2.75, 3.05) is 58.2 Å². The molecule has 3 N–H and O–H groups in total. The summed E-state index contributed by atoms with van der Waals surface area (Å²) in [5, 5.41) is 16.8. The van der Waals surface area contributed by atoms with Gasteiger partial charge >= 0.3 is 12.1 Å². The molecule has 1 fully saturated rings. The van der Waals surface area contributed by atoms with Crippen LogP contribution in [0.25, 0.3) is 11.1 Å². The van der Waals surface area contributed by atoms with Crippen LogP contribution in [0.5, 0.6) is 0 Å². The van der Waals surface area contributed by atoms with Crippen LogP contribution >= 0.6 is 11.3 Å². The molecule has 2 aromatic carbocycles. The van der Waals surface area contributed by atoms with Crippen LogP contribution in [0, 0.1) is 5.92 Å². The quantitative estimate of drug-likeness (QED) is 0.166. The predicted octanol–water partition coefficient (Wildman–Crippen LogP) is 3.02. The van der Waals surface area contributed by atoms with Gasteiger partial charge in [0, 0.05) is 51.5 Å². The second-order valence-corrected chi connectivity index (χ2v) is 15.4. The lowest BCUT2D eigenvalue weighted by Gasteiger charge is -2.35. The maximum absolute atomic E-state index is 14.4. The van der Waals surface area contributed by atoms with Crippen molar-refractivity contribution in [2.45, 2.75) is 43.9 Å². The van der Waals surface area contributed by atoms with E-state index in [9.17, 15) is 23.1 Å². The molecule has 2 atom stereocenters. The summed E-state index contributed by atoms with van der Waals surface area (Å²) in [5.74, 6) is -0.375. The van der Waals surface area contributed by atoms with Crippen LogP contribution in [-0.4, -0.2) is 115 Å². The van der Waals surface area contributed by atoms with E-state index in [1.807, 2.05) is 56.1 Å². The van der Waals surface area contributed by atoms with Crippen molar-refractivity contribution in [3.8, 4) is 0 Å². The first-order valence-corrected chi connectivity index (χ1v) is 18.4. The maximum atomic E-state index is 14.4. The average Bonchev–Trinajstić information content (AvgIpc) is 3.75. The molecule has 0 spiro atoms. The molecule has 0 bridgehead atoms. The molecule has 14 nitrogen and oxygen atoms in total. The van der Waals surface area contributed by atoms with Gasteiger partial charge in [0.2, 0.25) is 15.9 Å². The number of ether oxygens (including phenoxy) is 1. The second-order valence-electron chi connectivity index (χ2n) is 12.5. The van der Waals surface area contributed by atoms with E-state index in [0.29, 0.717) is 5.52 Å². The smallest absolute Gasteiger partial charge is 0.407 e. The van der Waals surface area contributed by atoms with Gasteiger partial charge in [-0.15, -0.1) is 11.3 Å². The maximum Gasteiger partial charge on any atom is 0.407 e. The van der Waals surface area contributed by atoms with E-state index < -0.39 is 28.3 Å². The summed E-state index contributed by atoms with van der Waals surface area (Å²) in [6, 6.07) is 12.6. The van der Waals surface area contributed by atoms with Crippen LogP contribution in [0.4, 0.5) is 10.8 Å². The number of amides is 2. The Kier molecular flexibility index (Phi) is 12.4. The number of benzene rings is 2. The predicted molar refractivity (Wildman–Crippen MR) is 186 cm³/mol. The first kappa shape index (κ1) is 36.4. The van der Waals surface area contributed by atoms with E-state index in [0.717, 1.165) is 36.6 Å². The Morgan fingerprint density at radius 1 is 1.12 bits per heavy atom. The summed E-state index contributed by atoms with van der Waals surface area (Å²) >= 11 is 1.35. The molecule has 0 aliphatic carbocycles. The standard InChI is InChI=1S/C33H43N7O7S2/c1-23(2)19-40(28(15-24-7-5-4-6-8-24)29(41)18-35-33(43)46-21-25-17-34-22-48-25)49(44,45)26-9-10-27-30(16-26)47-32(36-27)37-31(42)20-39-13-11-38(3)12-14-39/h4-10,16-17,22-23,28-29,41H,11-15,18-21H2,1-3H3,(H,35,43)(H,36,37,42). The third-order valence-corrected chi connectivity index (χ3v) is 10.7. The molecule has 3 heterocycles. The minimum atomic E-state index is -4.23. The Morgan fingerprint density at radius 3 is 2.57 bits per heavy atom. The number of piperazine rings is 1. The van der Waals surface area contributed by atoms with Crippen LogP contribution in [0.15, 0.2) is 69.6 Å². The van der Waals surface area contributed by atoms with Gasteiger partial charge in [0.1, 0.15) is 12.1 Å². The zero-order chi connectivity index (χ0) is 35.0. The summed E-state index contributed by atoms with van der Waals surface area (Å²) in [6.45, 7) is 7.15. The number of thiazole rings is 1. The van der Waals surface area contributed by atoms with Crippen LogP contribution in [0.3, 0.4) is 0 Å². The largest absolute Gasteiger partial charge is 0.444 e. The van der Waals surface area contributed by atoms with E-state index >= 15 is 0 Å². The SMILES string of the molecule is CC(C)CN(C(Cc1ccccc1)C(O)CNC(=O)OCc1cncs1)S(=O)(=O)c1ccc2nc(NC(=O)CN3CCN(C)CC3)oc2c1. The summed E-state index contributed by atoms with van der Waals surface area (Å²) in [7, 11) is -2.19. The molecule has 49 heavy (non-hydrogen) atoms. The van der Waals surface area contributed by atoms with Gasteiger partial charge in [-0.3, -0.25) is 20.0 Å². The molecule has 5 rings (SSSR count). The zero-order valence-electron chi connectivity index (χ0n) is 27.8. The third-order valence-electron chi connectivity index (χ3n) is 8.11. The van der Waals surface area contributed by atoms with Crippen LogP contribution in [0.1, 0.15) is 24.3 Å². The number of likely N-dealkylation sites (N-methyl/N-ethyl adjacent to an activating group) is 1. The highest BCUT2D eigenvalue weighted by molar-refractivity contribution is 7.89. The number of aliphatic hydroxyl groups excluding tert-OH is 1. The second kappa shape index (κ2) is 16.7. The lowest BCUT2D eigenvalue weighted by Crippen LogP contribution is -2.52. The lowest BCUT2D eigenvalue weighted by molar-refractivity contribution is -0.117. The first-order valence-electron chi connectivity index (χ1n) is 16.1. The molecule has 264 valence electrons. The number of aliphatic hydroxyl groups is 1. The van der Waals surface area contributed by atoms with Gasteiger partial charge in [-0.25, -0.2) is 13.2 Å². The van der Waals surface area contributed by atoms with Crippen molar-refractivity contribution in [2.24, 2.45) is 5.92 Å². The van der Waals surface area contributed by atoms with Crippen LogP contribution < -0.4 is 10.6 Å². The number of carbonyl (C=O) groups is 2. The van der Waals surface area contributed by atoms with Crippen molar-refractivity contribution in [1.29, 1.82) is 0 Å². The van der Waals surface area contributed by atoms with Crippen molar-refractivity contribution < 1.29 is 32.3 Å². The molecule has 16 heteroatoms. The molecular weight excluding hydrogens is 671 g/mol. The van der Waals surface area contributed by atoms with Crippen molar-refractivity contribution in [3.05, 3.63) is 70.7 Å². The number of hydrogen-bond donors (Lipinski definition) is 3. The molecule has 2 unspecified atom stereocenters. The number of carbonyl (C=O) groups excluding carboxylic acids is 2. The van der Waals surface area contributed by atoms with E-state index in [1.54, 1.807) is 11.7 Å². The summed E-state index contributed by atoms with van der Waals surface area (Å²) in [4.78, 5) is 38.4. The van der Waals surface area contributed by atoms with E-state index in [-0.39, 0.29) is 61.0 Å². The fourth-order valence-corrected chi connectivity index (χ4v) is 7.84. The van der Waals surface area contributed by atoms with E-state index in [1.165, 1.54) is 33.8 Å². The van der Waals surface area contributed by atoms with E-state index in [4.69, 9.17) is 9.15 Å². The first-order chi connectivity index (χ1) is 23.5. The molecule has 1 saturated heterocycles. The summed E-state index contributed by atoms with van der Waals surface area (Å²) < 4.78 is 41.1. The Bertz CT molecular complexity index is 1780. The normalized spacial score (nSPS) is 15.8. The van der Waals surface area contributed by atoms with Crippen LogP contribution in [-0.2, 0) is 32.6 Å². The number of aromatic nitrogens is 2. The average molecular weight is 714 g/mol. The number of nitrogens with one attached hydrogen (secondary N) is 2. The molecular formula is C33H43N7O7S2. The number of hydrogen-bond acceptors (Lipinski definition) is 12. The molecule has 2 aromatic heterocycles. The Labute approximate surface area is 290 Å². The number of nitrogens with zero attached hydrogens (tertiary/aromatic N) is 5. The van der Waals surface area contributed by atoms with Gasteiger partial charge in [0.05, 0.1) is 34.0 Å². The Hall–Kier alpha value is -3.93. The fraction of sp³-hybridized carbons (Fsp3) is 0.455. The summed E-state index contributed by atoms with van der Waals surface area (Å²) in [5.41, 5.74) is 3.01. The van der Waals surface area contributed by atoms with Crippen molar-refractivity contribution in [3.63, 3.8) is 0 Å². The molecule has 0 radical (unpaired) electrons. The molecule has 1 aliphatic heterocycles. The highest BCUT2D eigenvalue weighted by atomic mass is 32.2. The van der Waals surface area contributed by atoms with Crippen molar-refractivity contribution in [1.82, 2.24) is 29.4 Å². The number of alkyl carbamates (subject to hydrolysis) is 1. The van der Waals surface area contributed by atoms with Gasteiger partial charge in [0.15, 0.2) is 5.58 Å². The number of fused-ring (bicyclic) bond motifs is 1. The molecule has 4 aromatic rings. The number of anilines is 1. The number of oxazole rings is 1. The zero-order valence-corrected chi connectivity index (χ0v) is 29.5. The van der Waals surface area contributed by atoms with Crippen molar-refractivity contribution >= 4 is 50.5 Å². The monoisotopic (exact) mass is 713 g/mol. The highest BCUT2D eigenvalue weighted by Gasteiger charge is 2.37. The fourth-order valence-electron chi connectivity index (χ4n) is 5.50. The minimum absolute atomic E-state index is 0.0200. The molecule has 2 amide bonds. The third kappa shape index (κ3) is 10.1. The molecule has 1 aliphatic rings. The van der Waals surface area contributed by atoms with Gasteiger partial charge in [-0.1, -0.05) is 44.2 Å².